The van der Waals surface area contributed by atoms with Crippen LogP contribution in [0.1, 0.15) is 19.4 Å². The molecule has 0 bridgehead atoms. The predicted molar refractivity (Wildman–Crippen MR) is 109 cm³/mol. The number of nitrogens with zero attached hydrogens (tertiary/aromatic N) is 2. The summed E-state index contributed by atoms with van der Waals surface area (Å²) >= 11 is 0. The lowest BCUT2D eigenvalue weighted by Gasteiger charge is -2.39. The highest BCUT2D eigenvalue weighted by Crippen LogP contribution is 2.25. The van der Waals surface area contributed by atoms with Crippen molar-refractivity contribution in [2.45, 2.75) is 20.8 Å². The van der Waals surface area contributed by atoms with Crippen LogP contribution in [0.2, 0.25) is 0 Å². The average Bonchev–Trinajstić information content (AvgIpc) is 2.70. The Kier molecular flexibility index (Phi) is 5.49. The van der Waals surface area contributed by atoms with Crippen molar-refractivity contribution in [3.8, 4) is 0 Å². The van der Waals surface area contributed by atoms with Gasteiger partial charge < -0.3 is 15.1 Å². The van der Waals surface area contributed by atoms with Crippen LogP contribution in [0.3, 0.4) is 0 Å². The van der Waals surface area contributed by atoms with E-state index in [1.807, 2.05) is 49.4 Å². The molecule has 5 nitrogen and oxygen atoms in total. The van der Waals surface area contributed by atoms with Crippen molar-refractivity contribution in [1.82, 2.24) is 4.90 Å². The van der Waals surface area contributed by atoms with E-state index in [0.717, 1.165) is 24.3 Å². The minimum Gasteiger partial charge on any atom is -0.368 e. The van der Waals surface area contributed by atoms with Crippen LogP contribution >= 0.6 is 0 Å². The summed E-state index contributed by atoms with van der Waals surface area (Å²) in [5.74, 6) is -0.395. The SMILES string of the molecule is Cc1ccccc1NC(=O)C(C)(C)C(=O)N1CCN(c2ccccc2)CC1. The lowest BCUT2D eigenvalue weighted by atomic mass is 9.89. The first-order valence-corrected chi connectivity index (χ1v) is 9.36. The molecule has 1 fully saturated rings. The number of hydrogen-bond donors (Lipinski definition) is 1. The van der Waals surface area contributed by atoms with Crippen molar-refractivity contribution in [2.75, 3.05) is 36.4 Å². The second-order valence-corrected chi connectivity index (χ2v) is 7.51. The van der Waals surface area contributed by atoms with E-state index in [4.69, 9.17) is 0 Å². The van der Waals surface area contributed by atoms with E-state index < -0.39 is 5.41 Å². The predicted octanol–water partition coefficient (Wildman–Crippen LogP) is 3.31. The molecule has 0 atom stereocenters. The molecule has 1 aliphatic heterocycles. The number of carbonyl (C=O) groups is 2. The van der Waals surface area contributed by atoms with Gasteiger partial charge in [0, 0.05) is 37.6 Å². The molecule has 27 heavy (non-hydrogen) atoms. The van der Waals surface area contributed by atoms with Crippen molar-refractivity contribution in [3.63, 3.8) is 0 Å². The Balaban J connectivity index is 1.62. The van der Waals surface area contributed by atoms with Crippen molar-refractivity contribution in [2.24, 2.45) is 5.41 Å². The number of hydrogen-bond acceptors (Lipinski definition) is 3. The molecule has 0 unspecified atom stereocenters. The largest absolute Gasteiger partial charge is 0.368 e. The zero-order valence-corrected chi connectivity index (χ0v) is 16.2. The van der Waals surface area contributed by atoms with Crippen LogP contribution in [0, 0.1) is 12.3 Å². The zero-order chi connectivity index (χ0) is 19.4. The Morgan fingerprint density at radius 2 is 1.48 bits per heavy atom. The Bertz CT molecular complexity index is 809. The number of benzene rings is 2. The van der Waals surface area contributed by atoms with Gasteiger partial charge in [0.05, 0.1) is 0 Å². The number of anilines is 2. The smallest absolute Gasteiger partial charge is 0.239 e. The molecule has 142 valence electrons. The van der Waals surface area contributed by atoms with Gasteiger partial charge in [-0.05, 0) is 44.5 Å². The van der Waals surface area contributed by atoms with Crippen LogP contribution in [0.25, 0.3) is 0 Å². The molecule has 3 rings (SSSR count). The second kappa shape index (κ2) is 7.82. The summed E-state index contributed by atoms with van der Waals surface area (Å²) in [4.78, 5) is 29.9. The molecule has 1 saturated heterocycles. The first kappa shape index (κ1) is 19.0. The van der Waals surface area contributed by atoms with Crippen molar-refractivity contribution < 1.29 is 9.59 Å². The quantitative estimate of drug-likeness (QED) is 0.846. The monoisotopic (exact) mass is 365 g/mol. The normalized spacial score (nSPS) is 14.8. The topological polar surface area (TPSA) is 52.7 Å². The maximum absolute atomic E-state index is 13.0. The summed E-state index contributed by atoms with van der Waals surface area (Å²) in [5.41, 5.74) is 1.78. The van der Waals surface area contributed by atoms with Gasteiger partial charge in [0.25, 0.3) is 0 Å². The number of para-hydroxylation sites is 2. The van der Waals surface area contributed by atoms with E-state index in [9.17, 15) is 9.59 Å². The molecule has 2 aromatic rings. The maximum Gasteiger partial charge on any atom is 0.239 e. The summed E-state index contributed by atoms with van der Waals surface area (Å²) < 4.78 is 0. The van der Waals surface area contributed by atoms with Crippen molar-refractivity contribution >= 4 is 23.2 Å². The van der Waals surface area contributed by atoms with E-state index in [-0.39, 0.29) is 11.8 Å². The van der Waals surface area contributed by atoms with Crippen LogP contribution in [0.15, 0.2) is 54.6 Å². The third-order valence-electron chi connectivity index (χ3n) is 5.18. The molecule has 0 aromatic heterocycles. The van der Waals surface area contributed by atoms with Gasteiger partial charge in [-0.3, -0.25) is 9.59 Å². The molecule has 1 heterocycles. The zero-order valence-electron chi connectivity index (χ0n) is 16.2. The Morgan fingerprint density at radius 3 is 2.11 bits per heavy atom. The lowest BCUT2D eigenvalue weighted by molar-refractivity contribution is -0.146. The number of piperazine rings is 1. The summed E-state index contributed by atoms with van der Waals surface area (Å²) in [7, 11) is 0. The van der Waals surface area contributed by atoms with Gasteiger partial charge in [-0.25, -0.2) is 0 Å². The summed E-state index contributed by atoms with van der Waals surface area (Å²) in [5, 5.41) is 2.91. The third kappa shape index (κ3) is 4.13. The van der Waals surface area contributed by atoms with E-state index in [2.05, 4.69) is 22.3 Å². The molecule has 1 N–H and O–H groups in total. The van der Waals surface area contributed by atoms with E-state index >= 15 is 0 Å². The van der Waals surface area contributed by atoms with Crippen LogP contribution in [-0.4, -0.2) is 42.9 Å². The van der Waals surface area contributed by atoms with Crippen LogP contribution in [0.5, 0.6) is 0 Å². The molecule has 2 aromatic carbocycles. The highest BCUT2D eigenvalue weighted by molar-refractivity contribution is 6.10. The molecular formula is C22H27N3O2. The molecule has 0 saturated carbocycles. The standard InChI is InChI=1S/C22H27N3O2/c1-17-9-7-8-12-19(17)23-20(26)22(2,3)21(27)25-15-13-24(14-16-25)18-10-5-4-6-11-18/h4-12H,13-16H2,1-3H3,(H,23,26). The van der Waals surface area contributed by atoms with Crippen molar-refractivity contribution in [1.29, 1.82) is 0 Å². The van der Waals surface area contributed by atoms with E-state index in [0.29, 0.717) is 13.1 Å². The maximum atomic E-state index is 13.0. The third-order valence-corrected chi connectivity index (χ3v) is 5.18. The van der Waals surface area contributed by atoms with Gasteiger partial charge in [-0.15, -0.1) is 0 Å². The van der Waals surface area contributed by atoms with Gasteiger partial charge in [0.1, 0.15) is 5.41 Å². The van der Waals surface area contributed by atoms with Gasteiger partial charge in [0.15, 0.2) is 0 Å². The Morgan fingerprint density at radius 1 is 0.889 bits per heavy atom. The fourth-order valence-electron chi connectivity index (χ4n) is 3.29. The fourth-order valence-corrected chi connectivity index (χ4v) is 3.29. The van der Waals surface area contributed by atoms with Crippen LogP contribution < -0.4 is 10.2 Å². The Hall–Kier alpha value is -2.82. The van der Waals surface area contributed by atoms with Crippen molar-refractivity contribution in [3.05, 3.63) is 60.2 Å². The fraction of sp³-hybridized carbons (Fsp3) is 0.364. The molecule has 0 aliphatic carbocycles. The summed E-state index contributed by atoms with van der Waals surface area (Å²) in [6, 6.07) is 17.8. The van der Waals surface area contributed by atoms with Gasteiger partial charge in [-0.2, -0.15) is 0 Å². The molecule has 2 amide bonds. The van der Waals surface area contributed by atoms with Gasteiger partial charge in [-0.1, -0.05) is 36.4 Å². The van der Waals surface area contributed by atoms with Crippen LogP contribution in [-0.2, 0) is 9.59 Å². The molecule has 1 aliphatic rings. The van der Waals surface area contributed by atoms with E-state index in [1.165, 1.54) is 5.69 Å². The Labute approximate surface area is 161 Å². The minimum absolute atomic E-state index is 0.124. The van der Waals surface area contributed by atoms with Gasteiger partial charge >= 0.3 is 0 Å². The minimum atomic E-state index is -1.11. The van der Waals surface area contributed by atoms with Crippen LogP contribution in [0.4, 0.5) is 11.4 Å². The molecule has 0 spiro atoms. The highest BCUT2D eigenvalue weighted by atomic mass is 16.2. The number of rotatable bonds is 4. The number of aryl methyl sites for hydroxylation is 1. The average molecular weight is 365 g/mol. The number of amides is 2. The summed E-state index contributed by atoms with van der Waals surface area (Å²) in [6.07, 6.45) is 0. The summed E-state index contributed by atoms with van der Waals surface area (Å²) in [6.45, 7) is 8.12. The first-order valence-electron chi connectivity index (χ1n) is 9.36. The van der Waals surface area contributed by atoms with Gasteiger partial charge in [0.2, 0.25) is 11.8 Å². The first-order chi connectivity index (χ1) is 12.9. The molecular weight excluding hydrogens is 338 g/mol. The molecule has 0 radical (unpaired) electrons. The van der Waals surface area contributed by atoms with E-state index in [1.54, 1.807) is 18.7 Å². The number of carbonyl (C=O) groups excluding carboxylic acids is 2. The number of nitrogens with one attached hydrogen (secondary N) is 1. The second-order valence-electron chi connectivity index (χ2n) is 7.51. The lowest BCUT2D eigenvalue weighted by Crippen LogP contribution is -2.54. The molecule has 5 heteroatoms. The highest BCUT2D eigenvalue weighted by Gasteiger charge is 2.40.